The summed E-state index contributed by atoms with van der Waals surface area (Å²) in [6.45, 7) is 4.71. The highest BCUT2D eigenvalue weighted by atomic mass is 19.1. The predicted octanol–water partition coefficient (Wildman–Crippen LogP) is 2.16. The molecule has 0 radical (unpaired) electrons. The van der Waals surface area contributed by atoms with Crippen LogP contribution in [0.15, 0.2) is 12.1 Å². The molecule has 2 aliphatic heterocycles. The van der Waals surface area contributed by atoms with E-state index in [0.717, 1.165) is 23.8 Å². The summed E-state index contributed by atoms with van der Waals surface area (Å²) in [5.74, 6) is -4.24. The Morgan fingerprint density at radius 3 is 2.56 bits per heavy atom. The molecule has 0 bridgehead atoms. The van der Waals surface area contributed by atoms with Gasteiger partial charge in [-0.2, -0.15) is 0 Å². The normalized spacial score (nSPS) is 24.0. The fourth-order valence-corrected chi connectivity index (χ4v) is 4.58. The minimum absolute atomic E-state index is 0.222. The number of halogens is 2. The van der Waals surface area contributed by atoms with E-state index in [1.54, 1.807) is 20.8 Å². The zero-order valence-corrected chi connectivity index (χ0v) is 20.6. The predicted molar refractivity (Wildman–Crippen MR) is 123 cm³/mol. The molecular formula is C24H30F2N4O6. The van der Waals surface area contributed by atoms with E-state index in [1.807, 2.05) is 0 Å². The summed E-state index contributed by atoms with van der Waals surface area (Å²) in [7, 11) is 1.44. The number of nitrogens with zero attached hydrogens (tertiary/aromatic N) is 2. The van der Waals surface area contributed by atoms with Gasteiger partial charge in [-0.05, 0) is 33.1 Å². The summed E-state index contributed by atoms with van der Waals surface area (Å²) in [5, 5.41) is 2.37. The number of hydrogen-bond donors (Lipinski definition) is 2. The van der Waals surface area contributed by atoms with Crippen LogP contribution in [0.3, 0.4) is 0 Å². The molecule has 4 amide bonds. The first-order valence-electron chi connectivity index (χ1n) is 11.8. The number of rotatable bonds is 5. The molecule has 10 nitrogen and oxygen atoms in total. The van der Waals surface area contributed by atoms with E-state index in [9.17, 15) is 28.0 Å². The standard InChI is InChI=1S/C24H30F2N4O6/c1-23(2,3)36-22(34)29(4)15(7-12-5-6-12)20(32)30-11-24(10-16(30)19(27)31)21(33)28-18-14(26)8-13(25)9-17(18)35-24/h8-9,12,15-16H,5-7,10-11H2,1-4H3,(H2,27,31)(H,28,33)/t15-,16-,24+/m0/s1. The highest BCUT2D eigenvalue weighted by Gasteiger charge is 2.58. The van der Waals surface area contributed by atoms with E-state index in [4.69, 9.17) is 15.2 Å². The second-order valence-corrected chi connectivity index (χ2v) is 10.7. The van der Waals surface area contributed by atoms with Crippen LogP contribution in [0, 0.1) is 17.6 Å². The SMILES string of the molecule is CN(C(=O)OC(C)(C)C)[C@@H](CC1CC1)C(=O)N1C[C@@]2(C[C@H]1C(N)=O)Oc1cc(F)cc(F)c1NC2=O. The van der Waals surface area contributed by atoms with Crippen molar-refractivity contribution in [1.82, 2.24) is 9.80 Å². The lowest BCUT2D eigenvalue weighted by Crippen LogP contribution is -2.56. The Balaban J connectivity index is 1.64. The Bertz CT molecular complexity index is 1120. The van der Waals surface area contributed by atoms with Crippen molar-refractivity contribution < 1.29 is 37.4 Å². The Kier molecular flexibility index (Phi) is 6.34. The maximum atomic E-state index is 14.2. The molecule has 36 heavy (non-hydrogen) atoms. The van der Waals surface area contributed by atoms with Crippen LogP contribution >= 0.6 is 0 Å². The van der Waals surface area contributed by atoms with Gasteiger partial charge in [0, 0.05) is 25.6 Å². The van der Waals surface area contributed by atoms with Crippen molar-refractivity contribution in [2.45, 2.75) is 69.7 Å². The van der Waals surface area contributed by atoms with E-state index < -0.39 is 65.3 Å². The number of nitrogens with one attached hydrogen (secondary N) is 1. The molecule has 3 aliphatic rings. The van der Waals surface area contributed by atoms with Gasteiger partial charge in [-0.1, -0.05) is 12.8 Å². The monoisotopic (exact) mass is 508 g/mol. The van der Waals surface area contributed by atoms with Crippen molar-refractivity contribution in [3.05, 3.63) is 23.8 Å². The number of ether oxygens (including phenoxy) is 2. The quantitative estimate of drug-likeness (QED) is 0.627. The van der Waals surface area contributed by atoms with Gasteiger partial charge in [-0.25, -0.2) is 13.6 Å². The number of fused-ring (bicyclic) bond motifs is 1. The maximum absolute atomic E-state index is 14.2. The van der Waals surface area contributed by atoms with Gasteiger partial charge in [0.15, 0.2) is 11.6 Å². The van der Waals surface area contributed by atoms with Gasteiger partial charge >= 0.3 is 6.09 Å². The first kappa shape index (κ1) is 25.6. The lowest BCUT2D eigenvalue weighted by molar-refractivity contribution is -0.142. The molecule has 2 heterocycles. The van der Waals surface area contributed by atoms with Crippen molar-refractivity contribution in [1.29, 1.82) is 0 Å². The number of amides is 4. The van der Waals surface area contributed by atoms with E-state index in [1.165, 1.54) is 11.9 Å². The fourth-order valence-electron chi connectivity index (χ4n) is 4.58. The summed E-state index contributed by atoms with van der Waals surface area (Å²) < 4.78 is 39.2. The number of likely N-dealkylation sites (N-methyl/N-ethyl adjacent to an activating group) is 1. The van der Waals surface area contributed by atoms with Crippen molar-refractivity contribution in [3.63, 3.8) is 0 Å². The lowest BCUT2D eigenvalue weighted by Gasteiger charge is -2.35. The fraction of sp³-hybridized carbons (Fsp3) is 0.583. The molecule has 1 spiro atoms. The summed E-state index contributed by atoms with van der Waals surface area (Å²) in [6, 6.07) is -0.697. The molecule has 196 valence electrons. The van der Waals surface area contributed by atoms with Crippen LogP contribution in [0.25, 0.3) is 0 Å². The minimum atomic E-state index is -1.79. The van der Waals surface area contributed by atoms with Crippen LogP contribution in [0.1, 0.15) is 46.5 Å². The second-order valence-electron chi connectivity index (χ2n) is 10.7. The second kappa shape index (κ2) is 8.90. The van der Waals surface area contributed by atoms with E-state index in [0.29, 0.717) is 12.5 Å². The van der Waals surface area contributed by atoms with Crippen LogP contribution < -0.4 is 15.8 Å². The summed E-state index contributed by atoms with van der Waals surface area (Å²) in [4.78, 5) is 54.3. The largest absolute Gasteiger partial charge is 0.473 e. The Labute approximate surface area is 207 Å². The first-order valence-corrected chi connectivity index (χ1v) is 11.8. The van der Waals surface area contributed by atoms with Gasteiger partial charge in [0.05, 0.1) is 6.54 Å². The molecule has 0 unspecified atom stereocenters. The van der Waals surface area contributed by atoms with Crippen LogP contribution in [0.5, 0.6) is 5.75 Å². The zero-order chi connectivity index (χ0) is 26.6. The van der Waals surface area contributed by atoms with E-state index in [-0.39, 0.29) is 23.8 Å². The number of carbonyl (C=O) groups excluding carboxylic acids is 4. The summed E-state index contributed by atoms with van der Waals surface area (Å²) in [6.07, 6.45) is 1.11. The topological polar surface area (TPSA) is 131 Å². The Morgan fingerprint density at radius 1 is 1.31 bits per heavy atom. The smallest absolute Gasteiger partial charge is 0.410 e. The van der Waals surface area contributed by atoms with Gasteiger partial charge in [-0.15, -0.1) is 0 Å². The van der Waals surface area contributed by atoms with Gasteiger partial charge in [0.1, 0.15) is 29.2 Å². The molecule has 2 fully saturated rings. The summed E-state index contributed by atoms with van der Waals surface area (Å²) in [5.41, 5.74) is 2.67. The molecule has 1 aliphatic carbocycles. The minimum Gasteiger partial charge on any atom is -0.473 e. The van der Waals surface area contributed by atoms with E-state index >= 15 is 0 Å². The first-order chi connectivity index (χ1) is 16.7. The third kappa shape index (κ3) is 4.93. The Hall–Kier alpha value is -3.44. The highest BCUT2D eigenvalue weighted by molar-refractivity contribution is 6.03. The molecule has 3 N–H and O–H groups in total. The van der Waals surface area contributed by atoms with Crippen LogP contribution in [-0.4, -0.2) is 70.5 Å². The average Bonchev–Trinajstić information content (AvgIpc) is 3.50. The molecule has 12 heteroatoms. The molecule has 4 rings (SSSR count). The van der Waals surface area contributed by atoms with Crippen molar-refractivity contribution in [3.8, 4) is 5.75 Å². The lowest BCUT2D eigenvalue weighted by atomic mass is 9.96. The van der Waals surface area contributed by atoms with Crippen molar-refractivity contribution >= 4 is 29.5 Å². The van der Waals surface area contributed by atoms with Crippen molar-refractivity contribution in [2.75, 3.05) is 18.9 Å². The molecule has 3 atom stereocenters. The third-order valence-electron chi connectivity index (χ3n) is 6.60. The van der Waals surface area contributed by atoms with Crippen molar-refractivity contribution in [2.24, 2.45) is 11.7 Å². The van der Waals surface area contributed by atoms with Gasteiger partial charge < -0.3 is 25.4 Å². The molecule has 1 aromatic rings. The number of benzene rings is 1. The summed E-state index contributed by atoms with van der Waals surface area (Å²) >= 11 is 0. The molecule has 1 saturated heterocycles. The number of primary amides is 1. The molecule has 1 saturated carbocycles. The number of carbonyl (C=O) groups is 4. The highest BCUT2D eigenvalue weighted by Crippen LogP contribution is 2.43. The third-order valence-corrected chi connectivity index (χ3v) is 6.60. The van der Waals surface area contributed by atoms with Gasteiger partial charge in [0.2, 0.25) is 17.4 Å². The van der Waals surface area contributed by atoms with Crippen LogP contribution in [-0.2, 0) is 19.1 Å². The maximum Gasteiger partial charge on any atom is 0.410 e. The van der Waals surface area contributed by atoms with Crippen LogP contribution in [0.4, 0.5) is 19.3 Å². The number of anilines is 1. The molecule has 0 aromatic heterocycles. The number of nitrogens with two attached hydrogens (primary N) is 1. The average molecular weight is 509 g/mol. The van der Waals surface area contributed by atoms with Gasteiger partial charge in [0.25, 0.3) is 5.91 Å². The van der Waals surface area contributed by atoms with E-state index in [2.05, 4.69) is 5.32 Å². The Morgan fingerprint density at radius 2 is 1.97 bits per heavy atom. The molecule has 1 aromatic carbocycles. The number of likely N-dealkylation sites (tertiary alicyclic amines) is 1. The van der Waals surface area contributed by atoms with Crippen LogP contribution in [0.2, 0.25) is 0 Å². The number of hydrogen-bond acceptors (Lipinski definition) is 6. The van der Waals surface area contributed by atoms with Gasteiger partial charge in [-0.3, -0.25) is 19.3 Å². The zero-order valence-electron chi connectivity index (χ0n) is 20.6. The molecular weight excluding hydrogens is 478 g/mol.